The van der Waals surface area contributed by atoms with Crippen LogP contribution in [0.3, 0.4) is 0 Å². The van der Waals surface area contributed by atoms with Gasteiger partial charge in [0.15, 0.2) is 0 Å². The van der Waals surface area contributed by atoms with Crippen LogP contribution in [-0.4, -0.2) is 82.3 Å². The molecule has 11 amide bonds. The number of alkyl halides is 1. The van der Waals surface area contributed by atoms with Gasteiger partial charge in [0, 0.05) is 70.1 Å². The molecule has 0 unspecified atom stereocenters. The van der Waals surface area contributed by atoms with Crippen molar-refractivity contribution in [2.45, 2.75) is 74.6 Å². The lowest BCUT2D eigenvalue weighted by Gasteiger charge is -2.08. The van der Waals surface area contributed by atoms with Gasteiger partial charge in [0.05, 0.1) is 49.8 Å². The fraction of sp³-hybridized carbons (Fsp3) is 0.203. The zero-order valence-corrected chi connectivity index (χ0v) is 64.6. The summed E-state index contributed by atoms with van der Waals surface area (Å²) in [6, 6.07) is 44.7. The van der Waals surface area contributed by atoms with E-state index in [4.69, 9.17) is 14.2 Å². The van der Waals surface area contributed by atoms with Crippen LogP contribution in [0.5, 0.6) is 0 Å². The van der Waals surface area contributed by atoms with Gasteiger partial charge in [0.1, 0.15) is 19.5 Å². The molecule has 0 aliphatic carbocycles. The van der Waals surface area contributed by atoms with Crippen LogP contribution < -0.4 is 58.5 Å². The minimum Gasteiger partial charge on any atom is -0.465 e. The number of amides is 11. The number of hydrogen-bond acceptors (Lipinski definition) is 17. The Morgan fingerprint density at radius 3 is 0.796 bits per heavy atom. The molecule has 5 heterocycles. The highest BCUT2D eigenvalue weighted by Crippen LogP contribution is 2.33. The third-order valence-corrected chi connectivity index (χ3v) is 20.0. The number of ether oxygens (including phenoxy) is 3. The van der Waals surface area contributed by atoms with Gasteiger partial charge in [-0.1, -0.05) is 104 Å². The highest BCUT2D eigenvalue weighted by atomic mass is 79.9. The summed E-state index contributed by atoms with van der Waals surface area (Å²) in [5, 5.41) is 30.4. The Labute approximate surface area is 626 Å². The van der Waals surface area contributed by atoms with Crippen molar-refractivity contribution in [1.29, 1.82) is 0 Å². The Morgan fingerprint density at radius 1 is 0.311 bits per heavy atom. The Morgan fingerprint density at radius 2 is 0.544 bits per heavy atom. The van der Waals surface area contributed by atoms with Crippen molar-refractivity contribution in [1.82, 2.24) is 5.32 Å². The predicted molar refractivity (Wildman–Crippen MR) is 424 cm³/mol. The zero-order chi connectivity index (χ0) is 75.4. The number of benzene rings is 5. The van der Waals surface area contributed by atoms with Crippen molar-refractivity contribution in [3.8, 4) is 0 Å². The number of rotatable bonds is 15. The predicted octanol–water partition coefficient (Wildman–Crippen LogP) is 19.7. The summed E-state index contributed by atoms with van der Waals surface area (Å²) in [5.41, 5.74) is 11.9. The van der Waals surface area contributed by atoms with E-state index in [1.807, 2.05) is 197 Å². The number of carbonyl (C=O) groups is 9. The molecule has 5 aromatic carbocycles. The SMILES string of the molecule is CNC(=O)c1sc(C)cc1NC(=O)Nc1ccc(C)cc1.COC(=O)c1sc(C)cc1NC(=O)Nc1ccc(C)cc1.COC(=O)c1sc(C)cc1NC(=O)Nc1ccc(C)cc1.COC(=O)c1sc(CBr)cc1NC(=O)Nc1ccc(C)cc1.Cc1ccc(NC(=O)Nc2cc(C)sc2C)cc1. The van der Waals surface area contributed by atoms with E-state index in [-0.39, 0.29) is 18.0 Å². The number of urea groups is 5. The molecular formula is C74H80BrN11O12S5. The maximum Gasteiger partial charge on any atom is 0.350 e. The molecule has 10 rings (SSSR count). The van der Waals surface area contributed by atoms with E-state index in [9.17, 15) is 43.2 Å². The number of esters is 3. The van der Waals surface area contributed by atoms with Crippen LogP contribution >= 0.6 is 72.6 Å². The average Bonchev–Trinajstić information content (AvgIpc) is 1.73. The minimum absolute atomic E-state index is 0.209. The number of nitrogens with one attached hydrogen (secondary N) is 11. The molecule has 0 aliphatic heterocycles. The number of hydrogen-bond donors (Lipinski definition) is 11. The normalized spacial score (nSPS) is 10.1. The highest BCUT2D eigenvalue weighted by Gasteiger charge is 2.22. The molecule has 0 atom stereocenters. The zero-order valence-electron chi connectivity index (χ0n) is 59.0. The van der Waals surface area contributed by atoms with Crippen molar-refractivity contribution < 1.29 is 57.4 Å². The third kappa shape index (κ3) is 26.7. The largest absolute Gasteiger partial charge is 0.465 e. The van der Waals surface area contributed by atoms with Crippen LogP contribution in [0.2, 0.25) is 0 Å². The number of thiophene rings is 5. The lowest BCUT2D eigenvalue weighted by molar-refractivity contribution is 0.0598. The minimum atomic E-state index is -0.470. The lowest BCUT2D eigenvalue weighted by atomic mass is 10.2. The molecule has 0 fully saturated rings. The molecular weight excluding hydrogens is 1480 g/mol. The Balaban J connectivity index is 0.000000202. The van der Waals surface area contributed by atoms with Gasteiger partial charge in [-0.25, -0.2) is 38.4 Å². The van der Waals surface area contributed by atoms with Crippen molar-refractivity contribution >= 4 is 183 Å². The van der Waals surface area contributed by atoms with Gasteiger partial charge in [-0.05, 0) is 160 Å². The van der Waals surface area contributed by atoms with E-state index in [1.165, 1.54) is 77.1 Å². The summed E-state index contributed by atoms with van der Waals surface area (Å²) in [6.07, 6.45) is 0. The van der Waals surface area contributed by atoms with Gasteiger partial charge in [0.25, 0.3) is 5.91 Å². The molecule has 103 heavy (non-hydrogen) atoms. The summed E-state index contributed by atoms with van der Waals surface area (Å²) >= 11 is 10.2. The maximum absolute atomic E-state index is 12.0. The van der Waals surface area contributed by atoms with Crippen molar-refractivity contribution in [2.75, 3.05) is 81.5 Å². The maximum atomic E-state index is 12.0. The first-order valence-corrected chi connectivity index (χ1v) is 36.5. The molecule has 5 aromatic heterocycles. The summed E-state index contributed by atoms with van der Waals surface area (Å²) in [7, 11) is 5.50. The Hall–Kier alpha value is -10.7. The molecule has 29 heteroatoms. The molecule has 11 N–H and O–H groups in total. The van der Waals surface area contributed by atoms with Gasteiger partial charge >= 0.3 is 48.1 Å². The molecule has 0 aliphatic rings. The van der Waals surface area contributed by atoms with Gasteiger partial charge in [0.2, 0.25) is 0 Å². The Bertz CT molecular complexity index is 4290. The van der Waals surface area contributed by atoms with Crippen LogP contribution in [0.1, 0.15) is 95.8 Å². The Kier molecular flexibility index (Phi) is 31.6. The van der Waals surface area contributed by atoms with Crippen LogP contribution in [-0.2, 0) is 19.5 Å². The second-order valence-corrected chi connectivity index (χ2v) is 29.4. The van der Waals surface area contributed by atoms with Gasteiger partial charge < -0.3 is 72.7 Å². The van der Waals surface area contributed by atoms with Gasteiger partial charge in [-0.15, -0.1) is 56.7 Å². The number of aryl methyl sites for hydroxylation is 10. The number of halogens is 1. The van der Waals surface area contributed by atoms with Crippen molar-refractivity contribution in [3.05, 3.63) is 228 Å². The topological polar surface area (TPSA) is 314 Å². The van der Waals surface area contributed by atoms with Gasteiger partial charge in [-0.2, -0.15) is 0 Å². The monoisotopic (exact) mass is 1550 g/mol. The summed E-state index contributed by atoms with van der Waals surface area (Å²) < 4.78 is 14.1. The summed E-state index contributed by atoms with van der Waals surface area (Å²) in [4.78, 5) is 114. The second-order valence-electron chi connectivity index (χ2n) is 22.5. The molecule has 0 radical (unpaired) electrons. The van der Waals surface area contributed by atoms with E-state index in [0.29, 0.717) is 70.3 Å². The van der Waals surface area contributed by atoms with Crippen molar-refractivity contribution in [3.63, 3.8) is 0 Å². The molecule has 10 aromatic rings. The third-order valence-electron chi connectivity index (χ3n) is 13.9. The van der Waals surface area contributed by atoms with Crippen LogP contribution in [0.25, 0.3) is 0 Å². The fourth-order valence-electron chi connectivity index (χ4n) is 8.80. The first-order valence-electron chi connectivity index (χ1n) is 31.3. The quantitative estimate of drug-likeness (QED) is 0.0259. The van der Waals surface area contributed by atoms with Crippen LogP contribution in [0.4, 0.5) is 80.8 Å². The van der Waals surface area contributed by atoms with Gasteiger partial charge in [-0.3, -0.25) is 4.79 Å². The van der Waals surface area contributed by atoms with E-state index in [1.54, 1.807) is 42.6 Å². The van der Waals surface area contributed by atoms with Crippen LogP contribution in [0.15, 0.2) is 152 Å². The molecule has 0 bridgehead atoms. The first kappa shape index (κ1) is 81.3. The van der Waals surface area contributed by atoms with Crippen molar-refractivity contribution in [2.24, 2.45) is 0 Å². The summed E-state index contributed by atoms with van der Waals surface area (Å²) in [5.74, 6) is -1.60. The summed E-state index contributed by atoms with van der Waals surface area (Å²) in [6.45, 7) is 19.6. The van der Waals surface area contributed by atoms with E-state index < -0.39 is 36.0 Å². The number of methoxy groups -OCH3 is 3. The number of carbonyl (C=O) groups excluding carboxylic acids is 9. The molecule has 23 nitrogen and oxygen atoms in total. The standard InChI is InChI=1S/C15H15BrN2O3S.C15H17N3O2S.2C15H16N2O3S.C14H16N2OS/c1-9-3-5-10(6-4-9)17-15(20)18-12-7-11(8-16)22-13(12)14(19)21-2;1-9-4-6-11(7-5-9)17-15(20)18-12-8-10(2)21-13(12)14(19)16-3;2*1-9-4-6-11(7-5-9)16-15(19)17-12-8-10(2)21-13(12)14(18)20-3;1-9-4-6-12(7-5-9)15-14(17)16-13-8-10(2)18-11(13)3/h3-7H,8H2,1-2H3,(H2,17,18,20);4-8H,1-3H3,(H,16,19)(H2,17,18,20);2*4-8H,1-3H3,(H2,16,17,19);4-8H,1-3H3,(H2,15,16,17). The molecule has 540 valence electrons. The molecule has 0 saturated heterocycles. The fourth-order valence-corrected chi connectivity index (χ4v) is 13.7. The molecule has 0 saturated carbocycles. The lowest BCUT2D eigenvalue weighted by Crippen LogP contribution is -2.22. The van der Waals surface area contributed by atoms with E-state index >= 15 is 0 Å². The smallest absolute Gasteiger partial charge is 0.350 e. The average molecular weight is 1560 g/mol. The number of anilines is 10. The highest BCUT2D eigenvalue weighted by molar-refractivity contribution is 9.08. The van der Waals surface area contributed by atoms with E-state index in [2.05, 4.69) is 74.4 Å². The first-order chi connectivity index (χ1) is 49.0. The van der Waals surface area contributed by atoms with E-state index in [0.717, 1.165) is 58.0 Å². The second kappa shape index (κ2) is 40.1. The molecule has 0 spiro atoms. The van der Waals surface area contributed by atoms with Crippen LogP contribution in [0, 0.1) is 69.2 Å².